The van der Waals surface area contributed by atoms with E-state index in [1.54, 1.807) is 0 Å². The summed E-state index contributed by atoms with van der Waals surface area (Å²) in [5.41, 5.74) is 0. The van der Waals surface area contributed by atoms with Crippen molar-refractivity contribution in [3.63, 3.8) is 0 Å². The number of hydrogen-bond acceptors (Lipinski definition) is 3. The van der Waals surface area contributed by atoms with E-state index in [0.717, 1.165) is 0 Å². The molecule has 1 aliphatic heterocycles. The third-order valence-corrected chi connectivity index (χ3v) is 2.52. The largest absolute Gasteiger partial charge is 0.396 e. The van der Waals surface area contributed by atoms with Crippen molar-refractivity contribution in [2.24, 2.45) is 11.8 Å². The molecule has 78 valence electrons. The predicted molar refractivity (Wildman–Crippen MR) is 50.3 cm³/mol. The lowest BCUT2D eigenvalue weighted by molar-refractivity contribution is -0.300. The summed E-state index contributed by atoms with van der Waals surface area (Å²) in [4.78, 5) is 0. The molecule has 0 unspecified atom stereocenters. The normalized spacial score (nSPS) is 35.8. The second-order valence-electron chi connectivity index (χ2n) is 4.43. The third kappa shape index (κ3) is 2.66. The van der Waals surface area contributed by atoms with Crippen molar-refractivity contribution in [2.75, 3.05) is 13.2 Å². The minimum absolute atomic E-state index is 0.105. The molecule has 0 aromatic carbocycles. The first-order valence-corrected chi connectivity index (χ1v) is 4.89. The molecular weight excluding hydrogens is 168 g/mol. The number of rotatable bonds is 2. The molecule has 0 aliphatic carbocycles. The molecule has 1 fully saturated rings. The Bertz CT molecular complexity index is 164. The van der Waals surface area contributed by atoms with E-state index < -0.39 is 5.79 Å². The Kier molecular flexibility index (Phi) is 3.33. The maximum atomic E-state index is 9.05. The molecule has 13 heavy (non-hydrogen) atoms. The van der Waals surface area contributed by atoms with Gasteiger partial charge in [0, 0.05) is 18.4 Å². The highest BCUT2D eigenvalue weighted by atomic mass is 16.7. The molecular formula is C10H20O3. The van der Waals surface area contributed by atoms with Crippen LogP contribution in [0.3, 0.4) is 0 Å². The number of ether oxygens (including phenoxy) is 2. The fourth-order valence-corrected chi connectivity index (χ4v) is 1.69. The van der Waals surface area contributed by atoms with Gasteiger partial charge in [0.05, 0.1) is 12.7 Å². The van der Waals surface area contributed by atoms with Crippen LogP contribution >= 0.6 is 0 Å². The molecule has 0 amide bonds. The maximum absolute atomic E-state index is 9.05. The first-order valence-electron chi connectivity index (χ1n) is 4.89. The van der Waals surface area contributed by atoms with Crippen LogP contribution in [-0.4, -0.2) is 30.2 Å². The first-order chi connectivity index (χ1) is 5.96. The van der Waals surface area contributed by atoms with E-state index in [4.69, 9.17) is 14.6 Å². The van der Waals surface area contributed by atoms with Crippen molar-refractivity contribution in [2.45, 2.75) is 39.6 Å². The summed E-state index contributed by atoms with van der Waals surface area (Å²) >= 11 is 0. The van der Waals surface area contributed by atoms with Crippen LogP contribution in [0.25, 0.3) is 0 Å². The van der Waals surface area contributed by atoms with Crippen LogP contribution < -0.4 is 0 Å². The van der Waals surface area contributed by atoms with Gasteiger partial charge in [0.1, 0.15) is 0 Å². The molecule has 1 rings (SSSR count). The zero-order chi connectivity index (χ0) is 10.1. The zero-order valence-electron chi connectivity index (χ0n) is 8.91. The SMILES string of the molecule is C[C@H](CO)[C@H]1OC(C)(C)OC[C@@H]1C. The average Bonchev–Trinajstić information content (AvgIpc) is 2.08. The summed E-state index contributed by atoms with van der Waals surface area (Å²) in [6.45, 7) is 8.80. The zero-order valence-corrected chi connectivity index (χ0v) is 8.91. The average molecular weight is 188 g/mol. The van der Waals surface area contributed by atoms with Crippen LogP contribution in [0.4, 0.5) is 0 Å². The van der Waals surface area contributed by atoms with Gasteiger partial charge in [-0.05, 0) is 13.8 Å². The molecule has 0 saturated carbocycles. The van der Waals surface area contributed by atoms with Crippen LogP contribution in [0.5, 0.6) is 0 Å². The molecule has 0 bridgehead atoms. The van der Waals surface area contributed by atoms with E-state index in [2.05, 4.69) is 6.92 Å². The molecule has 3 heteroatoms. The van der Waals surface area contributed by atoms with Crippen molar-refractivity contribution >= 4 is 0 Å². The minimum atomic E-state index is -0.499. The fraction of sp³-hybridized carbons (Fsp3) is 1.00. The van der Waals surface area contributed by atoms with Gasteiger partial charge in [0.25, 0.3) is 0 Å². The van der Waals surface area contributed by atoms with Crippen molar-refractivity contribution in [3.8, 4) is 0 Å². The van der Waals surface area contributed by atoms with Gasteiger partial charge < -0.3 is 14.6 Å². The summed E-state index contributed by atoms with van der Waals surface area (Å²) in [5.74, 6) is 0.0361. The smallest absolute Gasteiger partial charge is 0.163 e. The van der Waals surface area contributed by atoms with Crippen molar-refractivity contribution in [3.05, 3.63) is 0 Å². The van der Waals surface area contributed by atoms with Crippen LogP contribution in [0.2, 0.25) is 0 Å². The van der Waals surface area contributed by atoms with E-state index in [-0.39, 0.29) is 18.6 Å². The van der Waals surface area contributed by atoms with Crippen LogP contribution in [0, 0.1) is 11.8 Å². The summed E-state index contributed by atoms with van der Waals surface area (Å²) in [5, 5.41) is 9.05. The Labute approximate surface area is 80.0 Å². The molecule has 0 radical (unpaired) electrons. The molecule has 0 spiro atoms. The monoisotopic (exact) mass is 188 g/mol. The minimum Gasteiger partial charge on any atom is -0.396 e. The predicted octanol–water partition coefficient (Wildman–Crippen LogP) is 1.40. The Hall–Kier alpha value is -0.120. The van der Waals surface area contributed by atoms with Crippen LogP contribution in [0.15, 0.2) is 0 Å². The van der Waals surface area contributed by atoms with Gasteiger partial charge in [-0.1, -0.05) is 13.8 Å². The summed E-state index contributed by atoms with van der Waals surface area (Å²) < 4.78 is 11.3. The van der Waals surface area contributed by atoms with E-state index in [9.17, 15) is 0 Å². The van der Waals surface area contributed by atoms with Gasteiger partial charge >= 0.3 is 0 Å². The Morgan fingerprint density at radius 2 is 2.15 bits per heavy atom. The Morgan fingerprint density at radius 1 is 1.54 bits per heavy atom. The van der Waals surface area contributed by atoms with Gasteiger partial charge in [-0.15, -0.1) is 0 Å². The quantitative estimate of drug-likeness (QED) is 0.712. The number of hydrogen-bond donors (Lipinski definition) is 1. The highest BCUT2D eigenvalue weighted by Crippen LogP contribution is 2.29. The lowest BCUT2D eigenvalue weighted by Crippen LogP contribution is -2.47. The van der Waals surface area contributed by atoms with Gasteiger partial charge in [0.15, 0.2) is 5.79 Å². The van der Waals surface area contributed by atoms with Gasteiger partial charge in [-0.25, -0.2) is 0 Å². The summed E-state index contributed by atoms with van der Waals surface area (Å²) in [6.07, 6.45) is 0.105. The topological polar surface area (TPSA) is 38.7 Å². The molecule has 1 aliphatic rings. The number of aliphatic hydroxyl groups excluding tert-OH is 1. The van der Waals surface area contributed by atoms with Crippen molar-refractivity contribution < 1.29 is 14.6 Å². The van der Waals surface area contributed by atoms with Crippen molar-refractivity contribution in [1.29, 1.82) is 0 Å². The van der Waals surface area contributed by atoms with Gasteiger partial charge in [-0.2, -0.15) is 0 Å². The van der Waals surface area contributed by atoms with Gasteiger partial charge in [-0.3, -0.25) is 0 Å². The molecule has 3 atom stereocenters. The van der Waals surface area contributed by atoms with E-state index in [0.29, 0.717) is 12.5 Å². The molecule has 3 nitrogen and oxygen atoms in total. The molecule has 1 N–H and O–H groups in total. The Balaban J connectivity index is 2.60. The summed E-state index contributed by atoms with van der Waals surface area (Å²) in [6, 6.07) is 0. The van der Waals surface area contributed by atoms with Crippen LogP contribution in [0.1, 0.15) is 27.7 Å². The molecule has 1 heterocycles. The lowest BCUT2D eigenvalue weighted by Gasteiger charge is -2.42. The molecule has 1 saturated heterocycles. The highest BCUT2D eigenvalue weighted by Gasteiger charge is 2.36. The summed E-state index contributed by atoms with van der Waals surface area (Å²) in [7, 11) is 0. The van der Waals surface area contributed by atoms with Crippen LogP contribution in [-0.2, 0) is 9.47 Å². The van der Waals surface area contributed by atoms with Gasteiger partial charge in [0.2, 0.25) is 0 Å². The third-order valence-electron chi connectivity index (χ3n) is 2.52. The van der Waals surface area contributed by atoms with E-state index in [1.807, 2.05) is 20.8 Å². The highest BCUT2D eigenvalue weighted by molar-refractivity contribution is 4.78. The first kappa shape index (κ1) is 11.0. The Morgan fingerprint density at radius 3 is 2.69 bits per heavy atom. The number of aliphatic hydroxyl groups is 1. The molecule has 0 aromatic heterocycles. The standard InChI is InChI=1S/C10H20O3/c1-7(5-11)9-8(2)6-12-10(3,4)13-9/h7-9,11H,5-6H2,1-4H3/t7-,8+,9-/m1/s1. The molecule has 0 aromatic rings. The van der Waals surface area contributed by atoms with E-state index >= 15 is 0 Å². The fourth-order valence-electron chi connectivity index (χ4n) is 1.69. The maximum Gasteiger partial charge on any atom is 0.163 e. The van der Waals surface area contributed by atoms with E-state index in [1.165, 1.54) is 0 Å². The van der Waals surface area contributed by atoms with Crippen molar-refractivity contribution in [1.82, 2.24) is 0 Å². The lowest BCUT2D eigenvalue weighted by atomic mass is 9.93. The second kappa shape index (κ2) is 3.95. The second-order valence-corrected chi connectivity index (χ2v) is 4.43.